The van der Waals surface area contributed by atoms with Crippen LogP contribution in [-0.4, -0.2) is 15.9 Å². The van der Waals surface area contributed by atoms with E-state index in [2.05, 4.69) is 20.6 Å². The Balaban J connectivity index is 1.83. The number of benzene rings is 2. The number of anilines is 2. The molecule has 0 bridgehead atoms. The van der Waals surface area contributed by atoms with Crippen molar-refractivity contribution in [3.8, 4) is 6.07 Å². The lowest BCUT2D eigenvalue weighted by molar-refractivity contribution is -0.141. The van der Waals surface area contributed by atoms with Crippen LogP contribution in [0.4, 0.5) is 24.8 Å². The largest absolute Gasteiger partial charge is 0.434 e. The Bertz CT molecular complexity index is 1160. The van der Waals surface area contributed by atoms with E-state index in [1.807, 2.05) is 6.07 Å². The highest BCUT2D eigenvalue weighted by atomic mass is 35.5. The van der Waals surface area contributed by atoms with E-state index in [9.17, 15) is 18.0 Å². The standard InChI is InChI=1S/C20H12Cl2F3N5O/c21-14-2-1-3-15(16(14)22)29-19-28-10-13(17(30-19)20(23,24)25)18(31)27-9-12-6-4-11(8-26)5-7-12/h1-7,10H,9H2,(H,27,31)(H,28,29,30). The van der Waals surface area contributed by atoms with Gasteiger partial charge in [0.05, 0.1) is 32.9 Å². The van der Waals surface area contributed by atoms with Gasteiger partial charge in [-0.2, -0.15) is 18.4 Å². The molecule has 3 aromatic rings. The Morgan fingerprint density at radius 1 is 1.13 bits per heavy atom. The number of nitriles is 1. The summed E-state index contributed by atoms with van der Waals surface area (Å²) in [6.45, 7) is -0.0417. The van der Waals surface area contributed by atoms with Crippen LogP contribution in [0.1, 0.15) is 27.2 Å². The van der Waals surface area contributed by atoms with E-state index in [4.69, 9.17) is 28.5 Å². The van der Waals surface area contributed by atoms with E-state index in [-0.39, 0.29) is 22.3 Å². The van der Waals surface area contributed by atoms with E-state index in [1.54, 1.807) is 18.2 Å². The van der Waals surface area contributed by atoms with Crippen molar-refractivity contribution in [1.82, 2.24) is 15.3 Å². The zero-order valence-corrected chi connectivity index (χ0v) is 17.0. The second-order valence-electron chi connectivity index (χ2n) is 6.17. The smallest absolute Gasteiger partial charge is 0.348 e. The molecule has 0 aliphatic rings. The summed E-state index contributed by atoms with van der Waals surface area (Å²) >= 11 is 11.9. The number of carbonyl (C=O) groups excluding carboxylic acids is 1. The van der Waals surface area contributed by atoms with E-state index in [0.29, 0.717) is 11.1 Å². The number of carbonyl (C=O) groups is 1. The molecule has 1 amide bonds. The minimum Gasteiger partial charge on any atom is -0.348 e. The lowest BCUT2D eigenvalue weighted by Crippen LogP contribution is -2.27. The SMILES string of the molecule is N#Cc1ccc(CNC(=O)c2cnc(Nc3cccc(Cl)c3Cl)nc2C(F)(F)F)cc1. The zero-order valence-electron chi connectivity index (χ0n) is 15.5. The zero-order chi connectivity index (χ0) is 22.6. The first-order valence-electron chi connectivity index (χ1n) is 8.61. The second-order valence-corrected chi connectivity index (χ2v) is 6.96. The molecule has 11 heteroatoms. The molecule has 2 N–H and O–H groups in total. The number of amides is 1. The van der Waals surface area contributed by atoms with Gasteiger partial charge in [-0.1, -0.05) is 41.4 Å². The van der Waals surface area contributed by atoms with E-state index >= 15 is 0 Å². The van der Waals surface area contributed by atoms with E-state index < -0.39 is 29.3 Å². The first-order valence-corrected chi connectivity index (χ1v) is 9.37. The highest BCUT2D eigenvalue weighted by Crippen LogP contribution is 2.33. The summed E-state index contributed by atoms with van der Waals surface area (Å²) in [5.74, 6) is -1.40. The molecule has 6 nitrogen and oxygen atoms in total. The van der Waals surface area contributed by atoms with Crippen molar-refractivity contribution >= 4 is 40.7 Å². The van der Waals surface area contributed by atoms with Gasteiger partial charge in [0.2, 0.25) is 5.95 Å². The number of rotatable bonds is 5. The number of aromatic nitrogens is 2. The van der Waals surface area contributed by atoms with Gasteiger partial charge >= 0.3 is 6.18 Å². The molecule has 0 aliphatic heterocycles. The predicted octanol–water partition coefficient (Wildman–Crippen LogP) is 5.35. The Kier molecular flexibility index (Phi) is 6.63. The van der Waals surface area contributed by atoms with Crippen LogP contribution in [0.2, 0.25) is 10.0 Å². The summed E-state index contributed by atoms with van der Waals surface area (Å²) in [4.78, 5) is 19.6. The topological polar surface area (TPSA) is 90.7 Å². The Morgan fingerprint density at radius 2 is 1.84 bits per heavy atom. The number of nitrogens with one attached hydrogen (secondary N) is 2. The fourth-order valence-corrected chi connectivity index (χ4v) is 2.87. The maximum Gasteiger partial charge on any atom is 0.434 e. The van der Waals surface area contributed by atoms with Crippen molar-refractivity contribution in [3.63, 3.8) is 0 Å². The Hall–Kier alpha value is -3.35. The molecule has 2 aromatic carbocycles. The van der Waals surface area contributed by atoms with Gasteiger partial charge in [-0.25, -0.2) is 9.97 Å². The Morgan fingerprint density at radius 3 is 2.48 bits per heavy atom. The average Bonchev–Trinajstić information content (AvgIpc) is 2.75. The van der Waals surface area contributed by atoms with E-state index in [1.165, 1.54) is 24.3 Å². The van der Waals surface area contributed by atoms with Crippen LogP contribution < -0.4 is 10.6 Å². The van der Waals surface area contributed by atoms with Gasteiger partial charge in [0.15, 0.2) is 5.69 Å². The summed E-state index contributed by atoms with van der Waals surface area (Å²) in [6, 6.07) is 12.7. The van der Waals surface area contributed by atoms with Gasteiger partial charge in [-0.15, -0.1) is 0 Å². The predicted molar refractivity (Wildman–Crippen MR) is 109 cm³/mol. The number of halogens is 5. The van der Waals surface area contributed by atoms with Crippen LogP contribution in [0.3, 0.4) is 0 Å². The molecular weight excluding hydrogens is 454 g/mol. The van der Waals surface area contributed by atoms with Crippen molar-refractivity contribution in [1.29, 1.82) is 5.26 Å². The van der Waals surface area contributed by atoms with Crippen LogP contribution in [0.15, 0.2) is 48.7 Å². The molecule has 0 fully saturated rings. The second kappa shape index (κ2) is 9.20. The maximum atomic E-state index is 13.5. The lowest BCUT2D eigenvalue weighted by Gasteiger charge is -2.14. The van der Waals surface area contributed by atoms with E-state index in [0.717, 1.165) is 6.20 Å². The summed E-state index contributed by atoms with van der Waals surface area (Å²) in [6.07, 6.45) is -4.12. The number of alkyl halides is 3. The Labute approximate surface area is 184 Å². The molecule has 0 saturated carbocycles. The normalized spacial score (nSPS) is 11.0. The quantitative estimate of drug-likeness (QED) is 0.529. The molecule has 31 heavy (non-hydrogen) atoms. The molecule has 0 aliphatic carbocycles. The molecule has 1 aromatic heterocycles. The van der Waals surface area contributed by atoms with Crippen LogP contribution in [0, 0.1) is 11.3 Å². The molecule has 158 valence electrons. The van der Waals surface area contributed by atoms with Crippen LogP contribution >= 0.6 is 23.2 Å². The van der Waals surface area contributed by atoms with Gasteiger partial charge in [-0.3, -0.25) is 4.79 Å². The first-order chi connectivity index (χ1) is 14.7. The van der Waals surface area contributed by atoms with Gasteiger partial charge in [0, 0.05) is 12.7 Å². The summed E-state index contributed by atoms with van der Waals surface area (Å²) in [7, 11) is 0. The third-order valence-electron chi connectivity index (χ3n) is 4.04. The van der Waals surface area contributed by atoms with Gasteiger partial charge in [0.25, 0.3) is 5.91 Å². The van der Waals surface area contributed by atoms with Gasteiger partial charge < -0.3 is 10.6 Å². The third-order valence-corrected chi connectivity index (χ3v) is 4.85. The molecule has 0 spiro atoms. The fourth-order valence-electron chi connectivity index (χ4n) is 2.52. The van der Waals surface area contributed by atoms with Crippen molar-refractivity contribution < 1.29 is 18.0 Å². The number of nitrogens with zero attached hydrogens (tertiary/aromatic N) is 3. The maximum absolute atomic E-state index is 13.5. The van der Waals surface area contributed by atoms with Crippen molar-refractivity contribution in [3.05, 3.63) is 81.1 Å². The molecular formula is C20H12Cl2F3N5O. The van der Waals surface area contributed by atoms with Crippen molar-refractivity contribution in [2.75, 3.05) is 5.32 Å². The minimum atomic E-state index is -4.90. The fraction of sp³-hybridized carbons (Fsp3) is 0.100. The first kappa shape index (κ1) is 22.3. The lowest BCUT2D eigenvalue weighted by atomic mass is 10.1. The molecule has 1 heterocycles. The van der Waals surface area contributed by atoms with Gasteiger partial charge in [-0.05, 0) is 29.8 Å². The van der Waals surface area contributed by atoms with Gasteiger partial charge in [0.1, 0.15) is 0 Å². The van der Waals surface area contributed by atoms with Crippen LogP contribution in [0.25, 0.3) is 0 Å². The van der Waals surface area contributed by atoms with Crippen molar-refractivity contribution in [2.45, 2.75) is 12.7 Å². The highest BCUT2D eigenvalue weighted by Gasteiger charge is 2.38. The van der Waals surface area contributed by atoms with Crippen molar-refractivity contribution in [2.24, 2.45) is 0 Å². The summed E-state index contributed by atoms with van der Waals surface area (Å²) < 4.78 is 40.6. The summed E-state index contributed by atoms with van der Waals surface area (Å²) in [5, 5.41) is 14.0. The highest BCUT2D eigenvalue weighted by molar-refractivity contribution is 6.43. The molecule has 0 unspecified atom stereocenters. The van der Waals surface area contributed by atoms with Crippen LogP contribution in [-0.2, 0) is 12.7 Å². The third kappa shape index (κ3) is 5.42. The molecule has 0 radical (unpaired) electrons. The minimum absolute atomic E-state index is 0.0417. The average molecular weight is 466 g/mol. The van der Waals surface area contributed by atoms with Crippen LogP contribution in [0.5, 0.6) is 0 Å². The molecule has 3 rings (SSSR count). The summed E-state index contributed by atoms with van der Waals surface area (Å²) in [5.41, 5.74) is -0.897. The molecule has 0 saturated heterocycles. The molecule has 0 atom stereocenters. The number of hydrogen-bond donors (Lipinski definition) is 2. The number of hydrogen-bond acceptors (Lipinski definition) is 5. The monoisotopic (exact) mass is 465 g/mol.